The van der Waals surface area contributed by atoms with Crippen molar-refractivity contribution < 1.29 is 27.8 Å². The number of carbonyl (C=O) groups excluding carboxylic acids is 2. The molecule has 8 heteroatoms. The number of piperazine rings is 1. The lowest BCUT2D eigenvalue weighted by molar-refractivity contribution is -0.135. The number of amides is 2. The zero-order chi connectivity index (χ0) is 18.8. The molecule has 1 aliphatic heterocycles. The highest BCUT2D eigenvalue weighted by molar-refractivity contribution is 5.95. The Bertz CT molecular complexity index is 694. The Kier molecular flexibility index (Phi) is 5.29. The van der Waals surface area contributed by atoms with Crippen LogP contribution in [0.15, 0.2) is 18.2 Å². The molecule has 0 bridgehead atoms. The van der Waals surface area contributed by atoms with E-state index >= 15 is 0 Å². The van der Waals surface area contributed by atoms with Crippen molar-refractivity contribution in [1.82, 2.24) is 9.80 Å². The summed E-state index contributed by atoms with van der Waals surface area (Å²) >= 11 is 0. The van der Waals surface area contributed by atoms with E-state index in [1.54, 1.807) is 4.90 Å². The van der Waals surface area contributed by atoms with Crippen LogP contribution in [0.3, 0.4) is 0 Å². The van der Waals surface area contributed by atoms with Crippen LogP contribution in [-0.4, -0.2) is 61.0 Å². The molecule has 1 saturated carbocycles. The minimum absolute atomic E-state index is 0.134. The Morgan fingerprint density at radius 2 is 1.92 bits per heavy atom. The Morgan fingerprint density at radius 3 is 2.50 bits per heavy atom. The van der Waals surface area contributed by atoms with Crippen LogP contribution in [-0.2, 0) is 4.79 Å². The van der Waals surface area contributed by atoms with Crippen LogP contribution in [0.1, 0.15) is 30.1 Å². The molecular weight excluding hydrogens is 346 g/mol. The summed E-state index contributed by atoms with van der Waals surface area (Å²) in [6.45, 7) is 0.254. The van der Waals surface area contributed by atoms with Crippen molar-refractivity contribution in [3.63, 3.8) is 0 Å². The van der Waals surface area contributed by atoms with Gasteiger partial charge in [-0.3, -0.25) is 9.59 Å². The summed E-state index contributed by atoms with van der Waals surface area (Å²) in [4.78, 5) is 28.5. The molecular formula is C18H22F2N2O4. The van der Waals surface area contributed by atoms with Crippen LogP contribution in [0.2, 0.25) is 0 Å². The van der Waals surface area contributed by atoms with Crippen LogP contribution >= 0.6 is 0 Å². The summed E-state index contributed by atoms with van der Waals surface area (Å²) in [6, 6.07) is 4.07. The van der Waals surface area contributed by atoms with Gasteiger partial charge in [-0.1, -0.05) is 0 Å². The van der Waals surface area contributed by atoms with Crippen LogP contribution in [0, 0.1) is 5.92 Å². The SMILES string of the molecule is COc1ccc(C(=O)N2CCN(C(=O)C3CC3)CC2C)cc1OC(F)F. The van der Waals surface area contributed by atoms with Gasteiger partial charge >= 0.3 is 6.61 Å². The third kappa shape index (κ3) is 3.89. The van der Waals surface area contributed by atoms with E-state index in [0.29, 0.717) is 19.6 Å². The third-order valence-electron chi connectivity index (χ3n) is 4.75. The van der Waals surface area contributed by atoms with Gasteiger partial charge < -0.3 is 19.3 Å². The summed E-state index contributed by atoms with van der Waals surface area (Å²) in [5, 5.41) is 0. The van der Waals surface area contributed by atoms with Gasteiger partial charge in [-0.2, -0.15) is 8.78 Å². The Balaban J connectivity index is 1.71. The van der Waals surface area contributed by atoms with Crippen molar-refractivity contribution in [3.05, 3.63) is 23.8 Å². The van der Waals surface area contributed by atoms with E-state index in [4.69, 9.17) is 4.74 Å². The molecule has 0 N–H and O–H groups in total. The van der Waals surface area contributed by atoms with Crippen molar-refractivity contribution in [2.24, 2.45) is 5.92 Å². The predicted octanol–water partition coefficient (Wildman–Crippen LogP) is 2.38. The molecule has 2 amide bonds. The molecule has 2 aliphatic rings. The molecule has 1 aromatic rings. The Labute approximate surface area is 150 Å². The van der Waals surface area contributed by atoms with Crippen LogP contribution in [0.4, 0.5) is 8.78 Å². The van der Waals surface area contributed by atoms with Gasteiger partial charge in [-0.15, -0.1) is 0 Å². The summed E-state index contributed by atoms with van der Waals surface area (Å²) in [6.07, 6.45) is 1.90. The molecule has 3 rings (SSSR count). The maximum atomic E-state index is 12.8. The Morgan fingerprint density at radius 1 is 1.19 bits per heavy atom. The zero-order valence-corrected chi connectivity index (χ0v) is 14.8. The van der Waals surface area contributed by atoms with Crippen LogP contribution in [0.5, 0.6) is 11.5 Å². The number of methoxy groups -OCH3 is 1. The monoisotopic (exact) mass is 368 g/mol. The standard InChI is InChI=1S/C18H22F2N2O4/c1-11-10-21(16(23)12-3-4-12)7-8-22(11)17(24)13-5-6-14(25-2)15(9-13)26-18(19)20/h5-6,9,11-12,18H,3-4,7-8,10H2,1-2H3. The molecule has 1 aliphatic carbocycles. The number of halogens is 2. The quantitative estimate of drug-likeness (QED) is 0.801. The molecule has 2 fully saturated rings. The van der Waals surface area contributed by atoms with E-state index in [1.807, 2.05) is 11.8 Å². The first-order chi connectivity index (χ1) is 12.4. The maximum absolute atomic E-state index is 12.8. The first kappa shape index (κ1) is 18.4. The number of benzene rings is 1. The zero-order valence-electron chi connectivity index (χ0n) is 14.8. The number of alkyl halides is 2. The first-order valence-electron chi connectivity index (χ1n) is 8.63. The fourth-order valence-corrected chi connectivity index (χ4v) is 3.21. The van der Waals surface area contributed by atoms with E-state index in [2.05, 4.69) is 4.74 Å². The third-order valence-corrected chi connectivity index (χ3v) is 4.75. The lowest BCUT2D eigenvalue weighted by atomic mass is 10.1. The number of carbonyl (C=O) groups is 2. The molecule has 142 valence electrons. The van der Waals surface area contributed by atoms with Crippen molar-refractivity contribution in [1.29, 1.82) is 0 Å². The largest absolute Gasteiger partial charge is 0.493 e. The molecule has 0 radical (unpaired) electrons. The fraction of sp³-hybridized carbons (Fsp3) is 0.556. The van der Waals surface area contributed by atoms with E-state index in [9.17, 15) is 18.4 Å². The molecule has 26 heavy (non-hydrogen) atoms. The Hall–Kier alpha value is -2.38. The summed E-state index contributed by atoms with van der Waals surface area (Å²) in [5.41, 5.74) is 0.246. The molecule has 6 nitrogen and oxygen atoms in total. The number of hydrogen-bond acceptors (Lipinski definition) is 4. The lowest BCUT2D eigenvalue weighted by Gasteiger charge is -2.40. The van der Waals surface area contributed by atoms with Crippen molar-refractivity contribution >= 4 is 11.8 Å². The van der Waals surface area contributed by atoms with Gasteiger partial charge in [0.1, 0.15) is 0 Å². The molecule has 1 aromatic carbocycles. The summed E-state index contributed by atoms with van der Waals surface area (Å²) in [7, 11) is 1.34. The minimum atomic E-state index is -3.01. The van der Waals surface area contributed by atoms with Gasteiger partial charge in [-0.25, -0.2) is 0 Å². The predicted molar refractivity (Wildman–Crippen MR) is 89.4 cm³/mol. The van der Waals surface area contributed by atoms with Gasteiger partial charge in [0.05, 0.1) is 7.11 Å². The van der Waals surface area contributed by atoms with E-state index in [0.717, 1.165) is 12.8 Å². The van der Waals surface area contributed by atoms with Gasteiger partial charge in [0.25, 0.3) is 5.91 Å². The highest BCUT2D eigenvalue weighted by Gasteiger charge is 2.37. The molecule has 1 heterocycles. The number of hydrogen-bond donors (Lipinski definition) is 0. The average Bonchev–Trinajstić information content (AvgIpc) is 3.45. The highest BCUT2D eigenvalue weighted by atomic mass is 19.3. The molecule has 1 unspecified atom stereocenters. The maximum Gasteiger partial charge on any atom is 0.387 e. The van der Waals surface area contributed by atoms with Crippen molar-refractivity contribution in [3.8, 4) is 11.5 Å². The fourth-order valence-electron chi connectivity index (χ4n) is 3.21. The van der Waals surface area contributed by atoms with Gasteiger partial charge in [0, 0.05) is 37.2 Å². The minimum Gasteiger partial charge on any atom is -0.493 e. The second kappa shape index (κ2) is 7.47. The molecule has 1 atom stereocenters. The van der Waals surface area contributed by atoms with Crippen molar-refractivity contribution in [2.75, 3.05) is 26.7 Å². The topological polar surface area (TPSA) is 59.1 Å². The smallest absolute Gasteiger partial charge is 0.387 e. The van der Waals surface area contributed by atoms with Gasteiger partial charge in [0.2, 0.25) is 5.91 Å². The van der Waals surface area contributed by atoms with E-state index in [1.165, 1.54) is 25.3 Å². The number of rotatable bonds is 5. The molecule has 1 saturated heterocycles. The summed E-state index contributed by atoms with van der Waals surface area (Å²) < 4.78 is 34.6. The molecule has 0 spiro atoms. The van der Waals surface area contributed by atoms with Crippen LogP contribution < -0.4 is 9.47 Å². The average molecular weight is 368 g/mol. The normalized spacial score (nSPS) is 20.3. The number of ether oxygens (including phenoxy) is 2. The lowest BCUT2D eigenvalue weighted by Crippen LogP contribution is -2.55. The summed E-state index contributed by atoms with van der Waals surface area (Å²) in [5.74, 6) is -0.00259. The number of nitrogens with zero attached hydrogens (tertiary/aromatic N) is 2. The van der Waals surface area contributed by atoms with E-state index in [-0.39, 0.29) is 40.8 Å². The van der Waals surface area contributed by atoms with Crippen molar-refractivity contribution in [2.45, 2.75) is 32.4 Å². The van der Waals surface area contributed by atoms with Crippen LogP contribution in [0.25, 0.3) is 0 Å². The molecule has 0 aromatic heterocycles. The highest BCUT2D eigenvalue weighted by Crippen LogP contribution is 2.32. The van der Waals surface area contributed by atoms with Gasteiger partial charge in [0.15, 0.2) is 11.5 Å². The first-order valence-corrected chi connectivity index (χ1v) is 8.63. The van der Waals surface area contributed by atoms with Gasteiger partial charge in [-0.05, 0) is 38.0 Å². The van der Waals surface area contributed by atoms with E-state index < -0.39 is 6.61 Å². The second-order valence-electron chi connectivity index (χ2n) is 6.65. The second-order valence-corrected chi connectivity index (χ2v) is 6.65.